The van der Waals surface area contributed by atoms with Crippen LogP contribution in [0.15, 0.2) is 231 Å². The second kappa shape index (κ2) is 14.8. The van der Waals surface area contributed by atoms with Crippen LogP contribution in [0.2, 0.25) is 0 Å². The largest absolute Gasteiger partial charge is 0.310 e. The number of fused-ring (bicyclic) bond motifs is 11. The van der Waals surface area contributed by atoms with E-state index in [-0.39, 0.29) is 0 Å². The van der Waals surface area contributed by atoms with Crippen LogP contribution in [-0.4, -0.2) is 0 Å². The molecule has 0 aliphatic carbocycles. The maximum absolute atomic E-state index is 2.44. The van der Waals surface area contributed by atoms with Gasteiger partial charge in [-0.1, -0.05) is 121 Å². The maximum atomic E-state index is 2.44. The summed E-state index contributed by atoms with van der Waals surface area (Å²) in [5.41, 5.74) is 6.83. The molecule has 4 heteroatoms. The Morgan fingerprint density at radius 3 is 0.818 bits per heavy atom. The minimum absolute atomic E-state index is 1.14. The maximum Gasteiger partial charge on any atom is 0.0468 e. The third-order valence-electron chi connectivity index (χ3n) is 13.5. The van der Waals surface area contributed by atoms with Gasteiger partial charge in [0.1, 0.15) is 0 Å². The van der Waals surface area contributed by atoms with Crippen molar-refractivity contribution in [2.45, 2.75) is 0 Å². The van der Waals surface area contributed by atoms with Gasteiger partial charge in [-0.25, -0.2) is 0 Å². The predicted molar refractivity (Wildman–Crippen MR) is 289 cm³/mol. The molecule has 0 aliphatic rings. The van der Waals surface area contributed by atoms with Crippen molar-refractivity contribution in [1.29, 1.82) is 0 Å². The van der Waals surface area contributed by atoms with E-state index in [4.69, 9.17) is 0 Å². The van der Waals surface area contributed by atoms with Gasteiger partial charge in [0.2, 0.25) is 0 Å². The van der Waals surface area contributed by atoms with Crippen molar-refractivity contribution < 1.29 is 0 Å². The molecule has 308 valence electrons. The smallest absolute Gasteiger partial charge is 0.0468 e. The lowest BCUT2D eigenvalue weighted by molar-refractivity contribution is 1.30. The molecule has 0 unspecified atom stereocenters. The summed E-state index contributed by atoms with van der Waals surface area (Å²) < 4.78 is 5.20. The molecule has 0 radical (unpaired) electrons. The van der Waals surface area contributed by atoms with Crippen LogP contribution in [0.1, 0.15) is 0 Å². The predicted octanol–water partition coefficient (Wildman–Crippen LogP) is 19.1. The molecule has 2 nitrogen and oxygen atoms in total. The van der Waals surface area contributed by atoms with Crippen LogP contribution in [0, 0.1) is 0 Å². The fourth-order valence-electron chi connectivity index (χ4n) is 10.2. The quantitative estimate of drug-likeness (QED) is 0.164. The minimum atomic E-state index is 1.14. The first-order chi connectivity index (χ1) is 32.6. The van der Waals surface area contributed by atoms with Crippen molar-refractivity contribution in [2.75, 3.05) is 9.80 Å². The van der Waals surface area contributed by atoms with Crippen LogP contribution in [0.4, 0.5) is 34.1 Å². The van der Waals surface area contributed by atoms with E-state index in [1.54, 1.807) is 0 Å². The Kier molecular flexibility index (Phi) is 8.36. The lowest BCUT2D eigenvalue weighted by Crippen LogP contribution is -2.09. The Morgan fingerprint density at radius 2 is 0.470 bits per heavy atom. The molecule has 66 heavy (non-hydrogen) atoms. The van der Waals surface area contributed by atoms with Gasteiger partial charge >= 0.3 is 0 Å². The van der Waals surface area contributed by atoms with E-state index < -0.39 is 0 Å². The van der Waals surface area contributed by atoms with Crippen molar-refractivity contribution in [3.63, 3.8) is 0 Å². The Morgan fingerprint density at radius 1 is 0.197 bits per heavy atom. The zero-order valence-electron chi connectivity index (χ0n) is 35.7. The van der Waals surface area contributed by atoms with Crippen LogP contribution < -0.4 is 9.80 Å². The Labute approximate surface area is 389 Å². The molecule has 0 bridgehead atoms. The number of thiophene rings is 2. The van der Waals surface area contributed by atoms with Gasteiger partial charge in [-0.15, -0.1) is 22.7 Å². The summed E-state index contributed by atoms with van der Waals surface area (Å²) in [7, 11) is 0. The summed E-state index contributed by atoms with van der Waals surface area (Å²) in [6, 6.07) is 85.5. The number of hydrogen-bond donors (Lipinski definition) is 0. The van der Waals surface area contributed by atoms with Gasteiger partial charge in [-0.2, -0.15) is 0 Å². The molecular formula is C62H38N2S2. The molecule has 0 N–H and O–H groups in total. The number of anilines is 6. The van der Waals surface area contributed by atoms with E-state index in [9.17, 15) is 0 Å². The second-order valence-electron chi connectivity index (χ2n) is 17.4. The van der Waals surface area contributed by atoms with Crippen LogP contribution in [-0.2, 0) is 0 Å². The van der Waals surface area contributed by atoms with Crippen molar-refractivity contribution in [1.82, 2.24) is 0 Å². The monoisotopic (exact) mass is 874 g/mol. The van der Waals surface area contributed by atoms with Gasteiger partial charge in [0.05, 0.1) is 0 Å². The van der Waals surface area contributed by atoms with E-state index in [1.165, 1.54) is 94.2 Å². The van der Waals surface area contributed by atoms with E-state index in [0.29, 0.717) is 0 Å². The van der Waals surface area contributed by atoms with Crippen molar-refractivity contribution in [2.24, 2.45) is 0 Å². The molecule has 0 saturated carbocycles. The van der Waals surface area contributed by atoms with Gasteiger partial charge in [-0.05, 0) is 163 Å². The van der Waals surface area contributed by atoms with Crippen LogP contribution >= 0.6 is 22.7 Å². The van der Waals surface area contributed by atoms with Gasteiger partial charge in [-0.3, -0.25) is 0 Å². The first-order valence-electron chi connectivity index (χ1n) is 22.5. The van der Waals surface area contributed by atoms with Gasteiger partial charge in [0.25, 0.3) is 0 Å². The summed E-state index contributed by atoms with van der Waals surface area (Å²) in [5, 5.41) is 17.5. The van der Waals surface area contributed by atoms with E-state index in [2.05, 4.69) is 240 Å². The normalized spacial score (nSPS) is 11.9. The fourth-order valence-corrected chi connectivity index (χ4v) is 12.4. The standard InChI is InChI=1S/C62H38N2S2/c1-5-13-43-29-49(21-17-39(43)9-1)63(50-22-18-40-10-2-6-14-44(40)30-50)53-25-27-59-57(37-53)55-33-47-34-56-58-38-54(26-28-60(58)66-62(56)36-48(47)35-61(55)65-59)64(51-23-19-41-11-3-7-15-45(41)31-51)52-24-20-42-12-4-8-16-46(42)32-52/h1-38H. The fraction of sp³-hybridized carbons (Fsp3) is 0. The summed E-state index contributed by atoms with van der Waals surface area (Å²) in [6.45, 7) is 0. The van der Waals surface area contributed by atoms with E-state index >= 15 is 0 Å². The van der Waals surface area contributed by atoms with Gasteiger partial charge in [0.15, 0.2) is 0 Å². The van der Waals surface area contributed by atoms with E-state index in [1.807, 2.05) is 22.7 Å². The molecule has 0 atom stereocenters. The zero-order chi connectivity index (χ0) is 43.3. The number of benzene rings is 12. The summed E-state index contributed by atoms with van der Waals surface area (Å²) in [5.74, 6) is 0. The highest BCUT2D eigenvalue weighted by Gasteiger charge is 2.19. The SMILES string of the molecule is c1ccc2cc(N(c3ccc4ccccc4c3)c3ccc4sc5cc6cc7sc8ccc(N(c9ccc%10ccccc%10c9)c9ccc%10ccccc%10c9)cc8c7cc6cc5c4c3)ccc2c1. The van der Waals surface area contributed by atoms with Crippen molar-refractivity contribution in [3.05, 3.63) is 231 Å². The lowest BCUT2D eigenvalue weighted by atomic mass is 10.0. The number of nitrogens with zero attached hydrogens (tertiary/aromatic N) is 2. The Bertz CT molecular complexity index is 3840. The first-order valence-corrected chi connectivity index (χ1v) is 24.1. The highest BCUT2D eigenvalue weighted by molar-refractivity contribution is 7.26. The highest BCUT2D eigenvalue weighted by atomic mass is 32.1. The lowest BCUT2D eigenvalue weighted by Gasteiger charge is -2.26. The van der Waals surface area contributed by atoms with Crippen LogP contribution in [0.5, 0.6) is 0 Å². The topological polar surface area (TPSA) is 6.48 Å². The average molecular weight is 875 g/mol. The third kappa shape index (κ3) is 6.14. The molecule has 14 rings (SSSR count). The third-order valence-corrected chi connectivity index (χ3v) is 15.7. The Balaban J connectivity index is 0.921. The van der Waals surface area contributed by atoms with Gasteiger partial charge in [0, 0.05) is 74.5 Å². The van der Waals surface area contributed by atoms with E-state index in [0.717, 1.165) is 34.1 Å². The van der Waals surface area contributed by atoms with Crippen molar-refractivity contribution >= 4 is 151 Å². The molecule has 0 fully saturated rings. The first kappa shape index (κ1) is 37.4. The van der Waals surface area contributed by atoms with Crippen molar-refractivity contribution in [3.8, 4) is 0 Å². The molecule has 12 aromatic carbocycles. The van der Waals surface area contributed by atoms with Crippen LogP contribution in [0.3, 0.4) is 0 Å². The average Bonchev–Trinajstić information content (AvgIpc) is 3.91. The number of rotatable bonds is 6. The minimum Gasteiger partial charge on any atom is -0.310 e. The molecule has 0 aliphatic heterocycles. The molecule has 0 spiro atoms. The molecule has 0 amide bonds. The molecular weight excluding hydrogens is 837 g/mol. The molecule has 2 aromatic heterocycles. The summed E-state index contributed by atoms with van der Waals surface area (Å²) in [6.07, 6.45) is 0. The molecule has 2 heterocycles. The Hall–Kier alpha value is -8.02. The molecule has 0 saturated heterocycles. The highest BCUT2D eigenvalue weighted by Crippen LogP contribution is 2.46. The summed E-state index contributed by atoms with van der Waals surface area (Å²) in [4.78, 5) is 4.83. The summed E-state index contributed by atoms with van der Waals surface area (Å²) >= 11 is 3.77. The molecule has 14 aromatic rings. The second-order valence-corrected chi connectivity index (χ2v) is 19.6. The van der Waals surface area contributed by atoms with Gasteiger partial charge < -0.3 is 9.80 Å². The number of hydrogen-bond acceptors (Lipinski definition) is 4. The zero-order valence-corrected chi connectivity index (χ0v) is 37.3. The van der Waals surface area contributed by atoms with Crippen LogP contribution in [0.25, 0.3) is 94.2 Å².